The zero-order valence-corrected chi connectivity index (χ0v) is 21.2. The molecular formula is C24H39IN4O2. The first-order valence-corrected chi connectivity index (χ1v) is 11.6. The highest BCUT2D eigenvalue weighted by atomic mass is 127. The molecule has 1 aromatic carbocycles. The summed E-state index contributed by atoms with van der Waals surface area (Å²) in [5, 5.41) is 6.75. The van der Waals surface area contributed by atoms with Gasteiger partial charge in [-0.15, -0.1) is 24.0 Å². The lowest BCUT2D eigenvalue weighted by Crippen LogP contribution is -2.41. The second kappa shape index (κ2) is 14.7. The highest BCUT2D eigenvalue weighted by Gasteiger charge is 2.29. The molecule has 0 radical (unpaired) electrons. The second-order valence-electron chi connectivity index (χ2n) is 8.51. The van der Waals surface area contributed by atoms with E-state index in [4.69, 9.17) is 4.74 Å². The van der Waals surface area contributed by atoms with E-state index in [0.717, 1.165) is 51.6 Å². The van der Waals surface area contributed by atoms with Crippen molar-refractivity contribution in [2.24, 2.45) is 10.9 Å². The number of hydrogen-bond acceptors (Lipinski definition) is 3. The summed E-state index contributed by atoms with van der Waals surface area (Å²) < 4.78 is 5.97. The average molecular weight is 543 g/mol. The third-order valence-corrected chi connectivity index (χ3v) is 6.11. The number of carbonyl (C=O) groups excluding carboxylic acids is 1. The Morgan fingerprint density at radius 3 is 2.68 bits per heavy atom. The van der Waals surface area contributed by atoms with Gasteiger partial charge in [-0.25, -0.2) is 0 Å². The fourth-order valence-electron chi connectivity index (χ4n) is 4.34. The van der Waals surface area contributed by atoms with Gasteiger partial charge in [-0.3, -0.25) is 9.79 Å². The normalized spacial score (nSPS) is 19.9. The molecule has 2 N–H and O–H groups in total. The molecule has 174 valence electrons. The van der Waals surface area contributed by atoms with Crippen molar-refractivity contribution >= 4 is 35.8 Å². The van der Waals surface area contributed by atoms with Crippen LogP contribution < -0.4 is 10.6 Å². The minimum Gasteiger partial charge on any atom is -0.378 e. The molecule has 3 rings (SSSR count). The second-order valence-corrected chi connectivity index (χ2v) is 8.51. The highest BCUT2D eigenvalue weighted by Crippen LogP contribution is 2.20. The minimum atomic E-state index is 0. The molecule has 31 heavy (non-hydrogen) atoms. The molecule has 1 aliphatic heterocycles. The summed E-state index contributed by atoms with van der Waals surface area (Å²) in [7, 11) is 1.79. The maximum absolute atomic E-state index is 12.3. The Bertz CT molecular complexity index is 665. The minimum absolute atomic E-state index is 0. The highest BCUT2D eigenvalue weighted by molar-refractivity contribution is 14.0. The van der Waals surface area contributed by atoms with Crippen LogP contribution in [-0.2, 0) is 16.0 Å². The van der Waals surface area contributed by atoms with E-state index in [1.807, 2.05) is 11.0 Å². The number of hydrogen-bond donors (Lipinski definition) is 2. The topological polar surface area (TPSA) is 66.0 Å². The molecule has 6 nitrogen and oxygen atoms in total. The molecule has 2 fully saturated rings. The molecule has 2 aliphatic rings. The SMILES string of the molecule is CN=C(NCCCOC1CCCCC1)NCC1CC(=O)N(CCc2ccccc2)C1.I. The van der Waals surface area contributed by atoms with Crippen LogP contribution in [0.1, 0.15) is 50.5 Å². The Balaban J connectivity index is 0.00000341. The molecule has 0 aromatic heterocycles. The summed E-state index contributed by atoms with van der Waals surface area (Å²) in [5.41, 5.74) is 1.28. The van der Waals surface area contributed by atoms with Crippen molar-refractivity contribution in [1.82, 2.24) is 15.5 Å². The number of nitrogens with one attached hydrogen (secondary N) is 2. The maximum atomic E-state index is 12.3. The first-order chi connectivity index (χ1) is 14.7. The molecule has 0 spiro atoms. The number of guanidine groups is 1. The summed E-state index contributed by atoms with van der Waals surface area (Å²) in [4.78, 5) is 18.6. The van der Waals surface area contributed by atoms with Crippen molar-refractivity contribution in [2.75, 3.05) is 39.8 Å². The van der Waals surface area contributed by atoms with Crippen molar-refractivity contribution in [3.05, 3.63) is 35.9 Å². The molecule has 7 heteroatoms. The van der Waals surface area contributed by atoms with E-state index in [9.17, 15) is 4.79 Å². The van der Waals surface area contributed by atoms with E-state index in [0.29, 0.717) is 18.4 Å². The first-order valence-electron chi connectivity index (χ1n) is 11.6. The van der Waals surface area contributed by atoms with Crippen LogP contribution in [0.4, 0.5) is 0 Å². The number of ether oxygens (including phenoxy) is 1. The fourth-order valence-corrected chi connectivity index (χ4v) is 4.34. The number of rotatable bonds is 10. The summed E-state index contributed by atoms with van der Waals surface area (Å²) in [6.45, 7) is 4.05. The van der Waals surface area contributed by atoms with Crippen LogP contribution in [-0.4, -0.2) is 62.7 Å². The van der Waals surface area contributed by atoms with Crippen molar-refractivity contribution in [3.63, 3.8) is 0 Å². The van der Waals surface area contributed by atoms with Crippen molar-refractivity contribution in [3.8, 4) is 0 Å². The van der Waals surface area contributed by atoms with Gasteiger partial charge < -0.3 is 20.3 Å². The van der Waals surface area contributed by atoms with Crippen molar-refractivity contribution < 1.29 is 9.53 Å². The van der Waals surface area contributed by atoms with Gasteiger partial charge in [-0.05, 0) is 31.2 Å². The van der Waals surface area contributed by atoms with Gasteiger partial charge in [0.2, 0.25) is 5.91 Å². The van der Waals surface area contributed by atoms with Crippen LogP contribution in [0.2, 0.25) is 0 Å². The number of carbonyl (C=O) groups is 1. The summed E-state index contributed by atoms with van der Waals surface area (Å²) in [6, 6.07) is 10.4. The Labute approximate surface area is 204 Å². The molecule has 1 saturated carbocycles. The number of likely N-dealkylation sites (tertiary alicyclic amines) is 1. The molecule has 1 aliphatic carbocycles. The molecule has 0 bridgehead atoms. The quantitative estimate of drug-likeness (QED) is 0.205. The smallest absolute Gasteiger partial charge is 0.223 e. The van der Waals surface area contributed by atoms with E-state index in [2.05, 4.69) is 39.9 Å². The first kappa shape index (κ1) is 25.9. The van der Waals surface area contributed by atoms with Gasteiger partial charge in [-0.1, -0.05) is 49.6 Å². The predicted molar refractivity (Wildman–Crippen MR) is 137 cm³/mol. The third kappa shape index (κ3) is 9.35. The monoisotopic (exact) mass is 542 g/mol. The van der Waals surface area contributed by atoms with Crippen LogP contribution >= 0.6 is 24.0 Å². The van der Waals surface area contributed by atoms with Crippen LogP contribution in [0, 0.1) is 5.92 Å². The van der Waals surface area contributed by atoms with E-state index in [1.165, 1.54) is 37.7 Å². The van der Waals surface area contributed by atoms with Crippen molar-refractivity contribution in [1.29, 1.82) is 0 Å². The largest absolute Gasteiger partial charge is 0.378 e. The maximum Gasteiger partial charge on any atom is 0.223 e. The summed E-state index contributed by atoms with van der Waals surface area (Å²) in [5.74, 6) is 1.41. The lowest BCUT2D eigenvalue weighted by atomic mass is 9.98. The lowest BCUT2D eigenvalue weighted by Gasteiger charge is -2.22. The van der Waals surface area contributed by atoms with E-state index in [-0.39, 0.29) is 29.9 Å². The van der Waals surface area contributed by atoms with E-state index < -0.39 is 0 Å². The molecule has 1 unspecified atom stereocenters. The summed E-state index contributed by atoms with van der Waals surface area (Å²) in [6.07, 6.45) is 9.42. The number of aliphatic imine (C=N–C) groups is 1. The van der Waals surface area contributed by atoms with Gasteiger partial charge in [-0.2, -0.15) is 0 Å². The average Bonchev–Trinajstić information content (AvgIpc) is 3.15. The van der Waals surface area contributed by atoms with Crippen LogP contribution in [0.25, 0.3) is 0 Å². The molecular weight excluding hydrogens is 503 g/mol. The number of nitrogens with zero attached hydrogens (tertiary/aromatic N) is 2. The lowest BCUT2D eigenvalue weighted by molar-refractivity contribution is -0.127. The molecule has 1 aromatic rings. The van der Waals surface area contributed by atoms with Gasteiger partial charge >= 0.3 is 0 Å². The van der Waals surface area contributed by atoms with Gasteiger partial charge in [0.15, 0.2) is 5.96 Å². The van der Waals surface area contributed by atoms with Crippen molar-refractivity contribution in [2.45, 2.75) is 57.5 Å². The number of benzene rings is 1. The summed E-state index contributed by atoms with van der Waals surface area (Å²) >= 11 is 0. The van der Waals surface area contributed by atoms with Crippen LogP contribution in [0.15, 0.2) is 35.3 Å². The molecule has 1 amide bonds. The van der Waals surface area contributed by atoms with Crippen LogP contribution in [0.3, 0.4) is 0 Å². The Kier molecular flexibility index (Phi) is 12.3. The number of halogens is 1. The van der Waals surface area contributed by atoms with Gasteiger partial charge in [0.05, 0.1) is 6.10 Å². The third-order valence-electron chi connectivity index (χ3n) is 6.11. The molecule has 1 heterocycles. The van der Waals surface area contributed by atoms with Crippen LogP contribution in [0.5, 0.6) is 0 Å². The van der Waals surface area contributed by atoms with E-state index >= 15 is 0 Å². The molecule has 1 saturated heterocycles. The Hall–Kier alpha value is -1.35. The zero-order chi connectivity index (χ0) is 21.0. The fraction of sp³-hybridized carbons (Fsp3) is 0.667. The van der Waals surface area contributed by atoms with Gasteiger partial charge in [0.1, 0.15) is 0 Å². The van der Waals surface area contributed by atoms with Gasteiger partial charge in [0, 0.05) is 52.2 Å². The number of amides is 1. The molecule has 1 atom stereocenters. The standard InChI is InChI=1S/C24H38N4O2.HI/c1-25-24(26-14-8-16-30-22-11-6-3-7-12-22)27-18-21-17-23(29)28(19-21)15-13-20-9-4-2-5-10-20;/h2,4-5,9-10,21-22H,3,6-8,11-19H2,1H3,(H2,25,26,27);1H. The Morgan fingerprint density at radius 2 is 1.94 bits per heavy atom. The predicted octanol–water partition coefficient (Wildman–Crippen LogP) is 3.60. The Morgan fingerprint density at radius 1 is 1.16 bits per heavy atom. The zero-order valence-electron chi connectivity index (χ0n) is 18.9. The van der Waals surface area contributed by atoms with E-state index in [1.54, 1.807) is 7.05 Å². The van der Waals surface area contributed by atoms with Gasteiger partial charge in [0.25, 0.3) is 0 Å².